The predicted octanol–water partition coefficient (Wildman–Crippen LogP) is 2.89. The maximum absolute atomic E-state index is 12.1. The highest BCUT2D eigenvalue weighted by molar-refractivity contribution is 6.30. The summed E-state index contributed by atoms with van der Waals surface area (Å²) in [4.78, 5) is 25.7. The summed E-state index contributed by atoms with van der Waals surface area (Å²) in [5, 5.41) is 12.9. The highest BCUT2D eigenvalue weighted by Gasteiger charge is 2.54. The molecule has 1 heterocycles. The molecule has 3 rings (SSSR count). The van der Waals surface area contributed by atoms with Crippen LogP contribution in [-0.4, -0.2) is 41.5 Å². The number of rotatable bonds is 4. The molecule has 1 amide bonds. The van der Waals surface area contributed by atoms with E-state index in [1.165, 1.54) is 0 Å². The van der Waals surface area contributed by atoms with Gasteiger partial charge in [0.05, 0.1) is 12.0 Å². The molecule has 2 N–H and O–H groups in total. The summed E-state index contributed by atoms with van der Waals surface area (Å²) >= 11 is 5.89. The molecule has 1 aliphatic heterocycles. The molecule has 0 radical (unpaired) electrons. The van der Waals surface area contributed by atoms with Gasteiger partial charge in [0.2, 0.25) is 5.91 Å². The zero-order chi connectivity index (χ0) is 15.7. The summed E-state index contributed by atoms with van der Waals surface area (Å²) in [7, 11) is 0. The number of carboxylic acids is 1. The lowest BCUT2D eigenvalue weighted by atomic mass is 9.81. The van der Waals surface area contributed by atoms with E-state index in [4.69, 9.17) is 11.6 Å². The predicted molar refractivity (Wildman–Crippen MR) is 91.2 cm³/mol. The molecule has 126 valence electrons. The number of benzene rings is 1. The van der Waals surface area contributed by atoms with Crippen LogP contribution in [-0.2, 0) is 9.59 Å². The molecule has 0 spiro atoms. The number of carboxylic acid groups (broad SMARTS) is 1. The lowest BCUT2D eigenvalue weighted by Crippen LogP contribution is -2.37. The number of likely N-dealkylation sites (tertiary alicyclic amines) is 1. The van der Waals surface area contributed by atoms with Crippen LogP contribution in [0.15, 0.2) is 24.3 Å². The molecule has 2 aliphatic rings. The topological polar surface area (TPSA) is 69.6 Å². The zero-order valence-electron chi connectivity index (χ0n) is 12.6. The molecule has 0 bridgehead atoms. The molecule has 5 nitrogen and oxygen atoms in total. The third-order valence-electron chi connectivity index (χ3n) is 4.84. The average Bonchev–Trinajstić information content (AvgIpc) is 2.95. The van der Waals surface area contributed by atoms with Crippen LogP contribution in [0, 0.1) is 11.3 Å². The van der Waals surface area contributed by atoms with E-state index in [0.717, 1.165) is 19.3 Å². The SMILES string of the molecule is Cl.O=C(CN1C[C@@H]2CCC[C@@]2(C(=O)O)C1)Nc1cccc(Cl)c1. The molecule has 23 heavy (non-hydrogen) atoms. The van der Waals surface area contributed by atoms with E-state index in [9.17, 15) is 14.7 Å². The van der Waals surface area contributed by atoms with Crippen molar-refractivity contribution in [2.45, 2.75) is 19.3 Å². The first-order chi connectivity index (χ1) is 10.5. The van der Waals surface area contributed by atoms with Gasteiger partial charge in [-0.1, -0.05) is 24.1 Å². The molecule has 1 saturated heterocycles. The minimum absolute atomic E-state index is 0. The van der Waals surface area contributed by atoms with Crippen LogP contribution in [0.4, 0.5) is 5.69 Å². The van der Waals surface area contributed by atoms with Gasteiger partial charge in [-0.25, -0.2) is 0 Å². The number of carbonyl (C=O) groups is 2. The second-order valence-corrected chi connectivity index (χ2v) is 6.72. The quantitative estimate of drug-likeness (QED) is 0.867. The monoisotopic (exact) mass is 358 g/mol. The van der Waals surface area contributed by atoms with Gasteiger partial charge in [0, 0.05) is 23.8 Å². The summed E-state index contributed by atoms with van der Waals surface area (Å²) < 4.78 is 0. The van der Waals surface area contributed by atoms with E-state index >= 15 is 0 Å². The first-order valence-electron chi connectivity index (χ1n) is 7.51. The van der Waals surface area contributed by atoms with Crippen molar-refractivity contribution in [1.29, 1.82) is 0 Å². The van der Waals surface area contributed by atoms with E-state index in [1.807, 2.05) is 4.90 Å². The van der Waals surface area contributed by atoms with Crippen LogP contribution < -0.4 is 5.32 Å². The van der Waals surface area contributed by atoms with Crippen LogP contribution in [0.25, 0.3) is 0 Å². The Bertz CT molecular complexity index is 611. The number of carbonyl (C=O) groups excluding carboxylic acids is 1. The van der Waals surface area contributed by atoms with Crippen molar-refractivity contribution >= 4 is 41.6 Å². The number of halogens is 2. The smallest absolute Gasteiger partial charge is 0.311 e. The summed E-state index contributed by atoms with van der Waals surface area (Å²) in [6.07, 6.45) is 2.64. The number of hydrogen-bond acceptors (Lipinski definition) is 3. The van der Waals surface area contributed by atoms with Crippen LogP contribution in [0.3, 0.4) is 0 Å². The number of fused-ring (bicyclic) bond motifs is 1. The molecule has 7 heteroatoms. The Hall–Kier alpha value is -1.30. The Morgan fingerprint density at radius 2 is 2.22 bits per heavy atom. The molecule has 1 aliphatic carbocycles. The Labute approximate surface area is 146 Å². The van der Waals surface area contributed by atoms with Gasteiger partial charge < -0.3 is 10.4 Å². The Balaban J connectivity index is 0.00000192. The summed E-state index contributed by atoms with van der Waals surface area (Å²) in [5.41, 5.74) is 0.0147. The third kappa shape index (κ3) is 3.62. The second kappa shape index (κ2) is 7.07. The molecule has 0 aromatic heterocycles. The standard InChI is InChI=1S/C16H19ClN2O3.ClH/c17-12-4-1-5-13(7-12)18-14(20)9-19-8-11-3-2-6-16(11,10-19)15(21)22;/h1,4-5,7,11H,2-3,6,8-10H2,(H,18,20)(H,21,22);1H/t11-,16+;/m0./s1. The highest BCUT2D eigenvalue weighted by Crippen LogP contribution is 2.48. The molecule has 1 aromatic carbocycles. The number of nitrogens with zero attached hydrogens (tertiary/aromatic N) is 1. The van der Waals surface area contributed by atoms with Gasteiger partial charge in [-0.05, 0) is 37.0 Å². The van der Waals surface area contributed by atoms with E-state index < -0.39 is 11.4 Å². The average molecular weight is 359 g/mol. The molecule has 2 fully saturated rings. The van der Waals surface area contributed by atoms with Crippen molar-refractivity contribution in [2.75, 3.05) is 25.0 Å². The van der Waals surface area contributed by atoms with Crippen molar-refractivity contribution in [3.05, 3.63) is 29.3 Å². The fraction of sp³-hybridized carbons (Fsp3) is 0.500. The highest BCUT2D eigenvalue weighted by atomic mass is 35.5. The van der Waals surface area contributed by atoms with Gasteiger partial charge >= 0.3 is 5.97 Å². The minimum Gasteiger partial charge on any atom is -0.481 e. The fourth-order valence-corrected chi connectivity index (χ4v) is 4.02. The second-order valence-electron chi connectivity index (χ2n) is 6.28. The van der Waals surface area contributed by atoms with Crippen molar-refractivity contribution < 1.29 is 14.7 Å². The van der Waals surface area contributed by atoms with Crippen molar-refractivity contribution in [1.82, 2.24) is 4.90 Å². The van der Waals surface area contributed by atoms with E-state index in [2.05, 4.69) is 5.32 Å². The number of amides is 1. The third-order valence-corrected chi connectivity index (χ3v) is 5.08. The number of aliphatic carboxylic acids is 1. The molecule has 2 atom stereocenters. The van der Waals surface area contributed by atoms with E-state index in [-0.39, 0.29) is 30.8 Å². The minimum atomic E-state index is -0.715. The Kier molecular flexibility index (Phi) is 5.55. The molecular weight excluding hydrogens is 339 g/mol. The van der Waals surface area contributed by atoms with Crippen LogP contribution >= 0.6 is 24.0 Å². The number of hydrogen-bond donors (Lipinski definition) is 2. The van der Waals surface area contributed by atoms with Crippen LogP contribution in [0.2, 0.25) is 5.02 Å². The molecule has 0 unspecified atom stereocenters. The fourth-order valence-electron chi connectivity index (χ4n) is 3.83. The summed E-state index contributed by atoms with van der Waals surface area (Å²) in [6, 6.07) is 6.99. The molecular formula is C16H20Cl2N2O3. The zero-order valence-corrected chi connectivity index (χ0v) is 14.2. The van der Waals surface area contributed by atoms with Crippen LogP contribution in [0.5, 0.6) is 0 Å². The van der Waals surface area contributed by atoms with Gasteiger partial charge in [-0.3, -0.25) is 14.5 Å². The van der Waals surface area contributed by atoms with Crippen molar-refractivity contribution in [3.63, 3.8) is 0 Å². The van der Waals surface area contributed by atoms with Crippen LogP contribution in [0.1, 0.15) is 19.3 Å². The van der Waals surface area contributed by atoms with Gasteiger partial charge in [0.15, 0.2) is 0 Å². The first-order valence-corrected chi connectivity index (χ1v) is 7.88. The van der Waals surface area contributed by atoms with E-state index in [0.29, 0.717) is 23.8 Å². The van der Waals surface area contributed by atoms with Crippen molar-refractivity contribution in [2.24, 2.45) is 11.3 Å². The Morgan fingerprint density at radius 1 is 1.43 bits per heavy atom. The van der Waals surface area contributed by atoms with Gasteiger partial charge in [0.25, 0.3) is 0 Å². The summed E-state index contributed by atoms with van der Waals surface area (Å²) in [6.45, 7) is 1.38. The maximum Gasteiger partial charge on any atom is 0.311 e. The summed E-state index contributed by atoms with van der Waals surface area (Å²) in [5.74, 6) is -0.681. The lowest BCUT2D eigenvalue weighted by molar-refractivity contribution is -0.149. The molecule has 1 saturated carbocycles. The molecule has 1 aromatic rings. The van der Waals surface area contributed by atoms with Gasteiger partial charge in [0.1, 0.15) is 0 Å². The Morgan fingerprint density at radius 3 is 2.87 bits per heavy atom. The van der Waals surface area contributed by atoms with Gasteiger partial charge in [-0.15, -0.1) is 12.4 Å². The van der Waals surface area contributed by atoms with Gasteiger partial charge in [-0.2, -0.15) is 0 Å². The largest absolute Gasteiger partial charge is 0.481 e. The first kappa shape index (κ1) is 18.0. The van der Waals surface area contributed by atoms with E-state index in [1.54, 1.807) is 24.3 Å². The maximum atomic E-state index is 12.1. The normalized spacial score (nSPS) is 26.4. The van der Waals surface area contributed by atoms with Crippen molar-refractivity contribution in [3.8, 4) is 0 Å². The lowest BCUT2D eigenvalue weighted by Gasteiger charge is -2.23. The number of anilines is 1. The number of nitrogens with one attached hydrogen (secondary N) is 1.